The second-order valence-corrected chi connectivity index (χ2v) is 5.60. The smallest absolute Gasteiger partial charge is 0.253 e. The lowest BCUT2D eigenvalue weighted by atomic mass is 10.3. The molecule has 0 radical (unpaired) electrons. The third kappa shape index (κ3) is 4.36. The van der Waals surface area contributed by atoms with E-state index < -0.39 is 6.10 Å². The second-order valence-electron chi connectivity index (χ2n) is 5.60. The summed E-state index contributed by atoms with van der Waals surface area (Å²) >= 11 is 0. The third-order valence-electron chi connectivity index (χ3n) is 3.71. The SMILES string of the molecule is CCO[C@@H](C)C(=O)Nc1ccc(OCc2cn3ccccc3n2)cc1. The van der Waals surface area contributed by atoms with Crippen LogP contribution in [0.5, 0.6) is 5.75 Å². The Morgan fingerprint density at radius 1 is 1.24 bits per heavy atom. The van der Waals surface area contributed by atoms with Gasteiger partial charge in [0, 0.05) is 24.7 Å². The van der Waals surface area contributed by atoms with Crippen molar-refractivity contribution >= 4 is 17.2 Å². The number of carbonyl (C=O) groups is 1. The third-order valence-corrected chi connectivity index (χ3v) is 3.71. The van der Waals surface area contributed by atoms with Crippen molar-refractivity contribution in [2.24, 2.45) is 0 Å². The monoisotopic (exact) mass is 339 g/mol. The fourth-order valence-corrected chi connectivity index (χ4v) is 2.42. The van der Waals surface area contributed by atoms with Crippen molar-refractivity contribution in [3.05, 3.63) is 60.6 Å². The average Bonchev–Trinajstić information content (AvgIpc) is 3.04. The van der Waals surface area contributed by atoms with E-state index in [4.69, 9.17) is 9.47 Å². The summed E-state index contributed by atoms with van der Waals surface area (Å²) in [5.74, 6) is 0.549. The van der Waals surface area contributed by atoms with E-state index in [-0.39, 0.29) is 5.91 Å². The molecule has 1 N–H and O–H groups in total. The molecule has 2 aromatic heterocycles. The van der Waals surface area contributed by atoms with Crippen molar-refractivity contribution in [2.75, 3.05) is 11.9 Å². The van der Waals surface area contributed by atoms with Gasteiger partial charge in [0.15, 0.2) is 0 Å². The van der Waals surface area contributed by atoms with Crippen LogP contribution in [0.4, 0.5) is 5.69 Å². The van der Waals surface area contributed by atoms with Crippen molar-refractivity contribution in [1.29, 1.82) is 0 Å². The summed E-state index contributed by atoms with van der Waals surface area (Å²) in [4.78, 5) is 16.4. The highest BCUT2D eigenvalue weighted by molar-refractivity contribution is 5.93. The lowest BCUT2D eigenvalue weighted by Crippen LogP contribution is -2.27. The Bertz CT molecular complexity index is 810. The second kappa shape index (κ2) is 7.81. The van der Waals surface area contributed by atoms with Gasteiger partial charge in [0.1, 0.15) is 24.1 Å². The van der Waals surface area contributed by atoms with Gasteiger partial charge in [-0.05, 0) is 50.2 Å². The number of ether oxygens (including phenoxy) is 2. The van der Waals surface area contributed by atoms with Crippen LogP contribution in [0.2, 0.25) is 0 Å². The molecule has 2 heterocycles. The molecule has 0 saturated carbocycles. The van der Waals surface area contributed by atoms with E-state index in [0.29, 0.717) is 24.7 Å². The van der Waals surface area contributed by atoms with Crippen LogP contribution in [0.1, 0.15) is 19.5 Å². The fourth-order valence-electron chi connectivity index (χ4n) is 2.42. The molecule has 1 aromatic carbocycles. The lowest BCUT2D eigenvalue weighted by Gasteiger charge is -2.12. The number of hydrogen-bond acceptors (Lipinski definition) is 4. The van der Waals surface area contributed by atoms with Gasteiger partial charge in [0.2, 0.25) is 0 Å². The highest BCUT2D eigenvalue weighted by Gasteiger charge is 2.12. The Morgan fingerprint density at radius 3 is 2.76 bits per heavy atom. The van der Waals surface area contributed by atoms with E-state index in [2.05, 4.69) is 10.3 Å². The minimum atomic E-state index is -0.476. The molecule has 0 aliphatic heterocycles. The van der Waals surface area contributed by atoms with Gasteiger partial charge >= 0.3 is 0 Å². The highest BCUT2D eigenvalue weighted by atomic mass is 16.5. The van der Waals surface area contributed by atoms with Crippen LogP contribution in [-0.2, 0) is 16.1 Å². The molecule has 1 amide bonds. The maximum atomic E-state index is 11.9. The molecule has 130 valence electrons. The van der Waals surface area contributed by atoms with Crippen molar-refractivity contribution < 1.29 is 14.3 Å². The number of hydrogen-bond donors (Lipinski definition) is 1. The number of carbonyl (C=O) groups excluding carboxylic acids is 1. The van der Waals surface area contributed by atoms with Gasteiger partial charge in [0.25, 0.3) is 5.91 Å². The van der Waals surface area contributed by atoms with E-state index in [9.17, 15) is 4.79 Å². The summed E-state index contributed by atoms with van der Waals surface area (Å²) in [6.45, 7) is 4.48. The summed E-state index contributed by atoms with van der Waals surface area (Å²) < 4.78 is 13.0. The molecule has 0 unspecified atom stereocenters. The van der Waals surface area contributed by atoms with Gasteiger partial charge in [-0.2, -0.15) is 0 Å². The molecule has 0 spiro atoms. The molecule has 1 atom stereocenters. The highest BCUT2D eigenvalue weighted by Crippen LogP contribution is 2.17. The predicted octanol–water partition coefficient (Wildman–Crippen LogP) is 3.28. The van der Waals surface area contributed by atoms with Gasteiger partial charge in [0.05, 0.1) is 5.69 Å². The molecular weight excluding hydrogens is 318 g/mol. The Hall–Kier alpha value is -2.86. The number of pyridine rings is 1. The zero-order valence-electron chi connectivity index (χ0n) is 14.3. The van der Waals surface area contributed by atoms with Crippen molar-refractivity contribution in [3.8, 4) is 5.75 Å². The molecule has 3 rings (SSSR count). The number of rotatable bonds is 7. The first-order valence-electron chi connectivity index (χ1n) is 8.23. The summed E-state index contributed by atoms with van der Waals surface area (Å²) in [5, 5.41) is 2.81. The number of nitrogens with zero attached hydrogens (tertiary/aromatic N) is 2. The van der Waals surface area contributed by atoms with Gasteiger partial charge in [-0.15, -0.1) is 0 Å². The van der Waals surface area contributed by atoms with Crippen LogP contribution in [0.15, 0.2) is 54.9 Å². The number of nitrogens with one attached hydrogen (secondary N) is 1. The van der Waals surface area contributed by atoms with E-state index in [1.54, 1.807) is 19.1 Å². The largest absolute Gasteiger partial charge is 0.487 e. The molecule has 6 nitrogen and oxygen atoms in total. The van der Waals surface area contributed by atoms with Crippen molar-refractivity contribution in [1.82, 2.24) is 9.38 Å². The van der Waals surface area contributed by atoms with Gasteiger partial charge in [-0.1, -0.05) is 6.07 Å². The molecular formula is C19H21N3O3. The Labute approximate surface area is 146 Å². The van der Waals surface area contributed by atoms with Gasteiger partial charge in [-0.3, -0.25) is 4.79 Å². The first-order chi connectivity index (χ1) is 12.2. The molecule has 0 saturated heterocycles. The Balaban J connectivity index is 1.56. The number of anilines is 1. The van der Waals surface area contributed by atoms with Crippen LogP contribution in [0, 0.1) is 0 Å². The average molecular weight is 339 g/mol. The van der Waals surface area contributed by atoms with E-state index in [1.165, 1.54) is 0 Å². The van der Waals surface area contributed by atoms with Crippen LogP contribution in [0.3, 0.4) is 0 Å². The summed E-state index contributed by atoms with van der Waals surface area (Å²) in [7, 11) is 0. The fraction of sp³-hybridized carbons (Fsp3) is 0.263. The first kappa shape index (κ1) is 17.0. The maximum Gasteiger partial charge on any atom is 0.253 e. The van der Waals surface area contributed by atoms with Crippen LogP contribution >= 0.6 is 0 Å². The number of amides is 1. The zero-order chi connectivity index (χ0) is 17.6. The maximum absolute atomic E-state index is 11.9. The molecule has 0 aliphatic rings. The molecule has 0 fully saturated rings. The molecule has 0 aliphatic carbocycles. The summed E-state index contributed by atoms with van der Waals surface area (Å²) in [6, 6.07) is 13.1. The molecule has 6 heteroatoms. The van der Waals surface area contributed by atoms with Gasteiger partial charge < -0.3 is 19.2 Å². The minimum absolute atomic E-state index is 0.166. The number of imidazole rings is 1. The summed E-state index contributed by atoms with van der Waals surface area (Å²) in [6.07, 6.45) is 3.42. The van der Waals surface area contributed by atoms with E-state index in [0.717, 1.165) is 11.3 Å². The van der Waals surface area contributed by atoms with E-state index in [1.807, 2.05) is 54.0 Å². The Kier molecular flexibility index (Phi) is 5.30. The minimum Gasteiger partial charge on any atom is -0.487 e. The topological polar surface area (TPSA) is 64.9 Å². The lowest BCUT2D eigenvalue weighted by molar-refractivity contribution is -0.126. The molecule has 25 heavy (non-hydrogen) atoms. The van der Waals surface area contributed by atoms with Crippen molar-refractivity contribution in [3.63, 3.8) is 0 Å². The molecule has 3 aromatic rings. The normalized spacial score (nSPS) is 12.1. The number of fused-ring (bicyclic) bond motifs is 1. The Morgan fingerprint density at radius 2 is 2.04 bits per heavy atom. The van der Waals surface area contributed by atoms with Crippen LogP contribution in [-0.4, -0.2) is 28.0 Å². The standard InChI is InChI=1S/C19H21N3O3/c1-3-24-14(2)19(23)21-15-7-9-17(10-8-15)25-13-16-12-22-11-5-4-6-18(22)20-16/h4-12,14H,3,13H2,1-2H3,(H,21,23)/t14-/m0/s1. The predicted molar refractivity (Wildman–Crippen MR) is 95.7 cm³/mol. The number of benzene rings is 1. The van der Waals surface area contributed by atoms with Crippen molar-refractivity contribution in [2.45, 2.75) is 26.6 Å². The summed E-state index contributed by atoms with van der Waals surface area (Å²) in [5.41, 5.74) is 2.45. The first-order valence-corrected chi connectivity index (χ1v) is 8.23. The molecule has 0 bridgehead atoms. The van der Waals surface area contributed by atoms with E-state index >= 15 is 0 Å². The zero-order valence-corrected chi connectivity index (χ0v) is 14.3. The quantitative estimate of drug-likeness (QED) is 0.717. The van der Waals surface area contributed by atoms with Gasteiger partial charge in [-0.25, -0.2) is 4.98 Å². The number of aromatic nitrogens is 2. The van der Waals surface area contributed by atoms with Crippen LogP contribution in [0.25, 0.3) is 5.65 Å². The van der Waals surface area contributed by atoms with Crippen LogP contribution < -0.4 is 10.1 Å².